The van der Waals surface area contributed by atoms with Gasteiger partial charge in [0.1, 0.15) is 5.75 Å². The summed E-state index contributed by atoms with van der Waals surface area (Å²) in [6, 6.07) is 5.06. The smallest absolute Gasteiger partial charge is 0.417 e. The van der Waals surface area contributed by atoms with Crippen molar-refractivity contribution in [3.8, 4) is 5.75 Å². The molecule has 8 heteroatoms. The summed E-state index contributed by atoms with van der Waals surface area (Å²) in [7, 11) is 1.56. The van der Waals surface area contributed by atoms with Crippen LogP contribution in [-0.2, 0) is 6.54 Å². The maximum absolute atomic E-state index is 12.7. The van der Waals surface area contributed by atoms with Crippen LogP contribution >= 0.6 is 0 Å². The van der Waals surface area contributed by atoms with Crippen molar-refractivity contribution in [1.82, 2.24) is 10.2 Å². The number of rotatable bonds is 3. The molecule has 1 aromatic carbocycles. The van der Waals surface area contributed by atoms with Crippen LogP contribution in [0, 0.1) is 6.92 Å². The van der Waals surface area contributed by atoms with Gasteiger partial charge in [-0.05, 0) is 24.1 Å². The number of aryl methyl sites for hydroxylation is 1. The number of piperidine rings is 1. The zero-order valence-electron chi connectivity index (χ0n) is 13.6. The molecule has 0 aliphatic carbocycles. The van der Waals surface area contributed by atoms with E-state index in [0.717, 1.165) is 11.1 Å². The molecule has 134 valence electrons. The number of carbonyl (C=O) groups is 1. The minimum atomic E-state index is -4.67. The van der Waals surface area contributed by atoms with Crippen molar-refractivity contribution in [2.75, 3.05) is 20.2 Å². The van der Waals surface area contributed by atoms with Gasteiger partial charge in [0.15, 0.2) is 5.60 Å². The van der Waals surface area contributed by atoms with Gasteiger partial charge in [0, 0.05) is 32.5 Å². The van der Waals surface area contributed by atoms with E-state index in [1.54, 1.807) is 13.2 Å². The molecule has 1 fully saturated rings. The summed E-state index contributed by atoms with van der Waals surface area (Å²) >= 11 is 0. The van der Waals surface area contributed by atoms with Crippen molar-refractivity contribution in [3.05, 3.63) is 29.3 Å². The van der Waals surface area contributed by atoms with Gasteiger partial charge in [0.05, 0.1) is 7.11 Å². The number of nitrogens with one attached hydrogen (secondary N) is 1. The highest BCUT2D eigenvalue weighted by Crippen LogP contribution is 2.38. The molecule has 24 heavy (non-hydrogen) atoms. The number of hydrogen-bond acceptors (Lipinski definition) is 3. The van der Waals surface area contributed by atoms with Crippen molar-refractivity contribution in [2.24, 2.45) is 0 Å². The quantitative estimate of drug-likeness (QED) is 0.884. The molecule has 0 radical (unpaired) electrons. The molecule has 0 unspecified atom stereocenters. The third-order valence-electron chi connectivity index (χ3n) is 4.32. The van der Waals surface area contributed by atoms with Crippen LogP contribution in [0.25, 0.3) is 0 Å². The molecule has 0 atom stereocenters. The minimum Gasteiger partial charge on any atom is -0.496 e. The van der Waals surface area contributed by atoms with Crippen LogP contribution in [0.5, 0.6) is 5.75 Å². The predicted molar refractivity (Wildman–Crippen MR) is 81.8 cm³/mol. The Balaban J connectivity index is 1.88. The fraction of sp³-hybridized carbons (Fsp3) is 0.562. The van der Waals surface area contributed by atoms with Gasteiger partial charge in [-0.2, -0.15) is 13.2 Å². The summed E-state index contributed by atoms with van der Waals surface area (Å²) in [6.07, 6.45) is -5.70. The number of methoxy groups -OCH3 is 1. The van der Waals surface area contributed by atoms with Crippen LogP contribution in [0.3, 0.4) is 0 Å². The highest BCUT2D eigenvalue weighted by molar-refractivity contribution is 5.74. The van der Waals surface area contributed by atoms with Crippen molar-refractivity contribution in [3.63, 3.8) is 0 Å². The number of alkyl halides is 3. The lowest BCUT2D eigenvalue weighted by atomic mass is 9.91. The number of urea groups is 1. The second-order valence-electron chi connectivity index (χ2n) is 5.98. The van der Waals surface area contributed by atoms with Crippen LogP contribution in [0.2, 0.25) is 0 Å². The molecule has 1 saturated heterocycles. The average molecular weight is 346 g/mol. The SMILES string of the molecule is COc1cc(CNC(=O)N2CCC(O)(C(F)(F)F)CC2)ccc1C. The molecule has 2 rings (SSSR count). The van der Waals surface area contributed by atoms with Gasteiger partial charge >= 0.3 is 12.2 Å². The number of benzene rings is 1. The summed E-state index contributed by atoms with van der Waals surface area (Å²) < 4.78 is 43.4. The Kier molecular flexibility index (Phi) is 5.27. The van der Waals surface area contributed by atoms with E-state index in [9.17, 15) is 23.1 Å². The molecule has 1 aliphatic heterocycles. The van der Waals surface area contributed by atoms with E-state index < -0.39 is 30.7 Å². The van der Waals surface area contributed by atoms with Gasteiger partial charge in [0.25, 0.3) is 0 Å². The summed E-state index contributed by atoms with van der Waals surface area (Å²) in [6.45, 7) is 1.87. The Morgan fingerprint density at radius 3 is 2.54 bits per heavy atom. The standard InChI is InChI=1S/C16H21F3N2O3/c1-11-3-4-12(9-13(11)24-2)10-20-14(22)21-7-5-15(23,6-8-21)16(17,18)19/h3-4,9,23H,5-8,10H2,1-2H3,(H,20,22). The van der Waals surface area contributed by atoms with Gasteiger partial charge in [-0.25, -0.2) is 4.79 Å². The number of halogens is 3. The van der Waals surface area contributed by atoms with Crippen molar-refractivity contribution in [1.29, 1.82) is 0 Å². The first-order valence-corrected chi connectivity index (χ1v) is 7.62. The van der Waals surface area contributed by atoms with Crippen molar-refractivity contribution in [2.45, 2.75) is 38.1 Å². The first-order chi connectivity index (χ1) is 11.2. The Labute approximate surface area is 138 Å². The maximum Gasteiger partial charge on any atom is 0.417 e. The Hall–Kier alpha value is -1.96. The van der Waals surface area contributed by atoms with E-state index in [-0.39, 0.29) is 19.6 Å². The first kappa shape index (κ1) is 18.4. The van der Waals surface area contributed by atoms with Crippen LogP contribution < -0.4 is 10.1 Å². The van der Waals surface area contributed by atoms with Gasteiger partial charge in [-0.15, -0.1) is 0 Å². The number of carbonyl (C=O) groups excluding carboxylic acids is 1. The summed E-state index contributed by atoms with van der Waals surface area (Å²) in [4.78, 5) is 13.4. The Morgan fingerprint density at radius 2 is 2.00 bits per heavy atom. The molecule has 1 aromatic rings. The first-order valence-electron chi connectivity index (χ1n) is 7.62. The minimum absolute atomic E-state index is 0.140. The van der Waals surface area contributed by atoms with Crippen LogP contribution in [0.15, 0.2) is 18.2 Å². The van der Waals surface area contributed by atoms with Crippen LogP contribution in [-0.4, -0.2) is 48.0 Å². The molecule has 5 nitrogen and oxygen atoms in total. The second kappa shape index (κ2) is 6.88. The zero-order chi connectivity index (χ0) is 18.0. The Bertz CT molecular complexity index is 597. The molecule has 0 aromatic heterocycles. The fourth-order valence-electron chi connectivity index (χ4n) is 2.63. The molecule has 2 N–H and O–H groups in total. The zero-order valence-corrected chi connectivity index (χ0v) is 13.6. The molecule has 1 aliphatic rings. The molecule has 0 saturated carbocycles. The number of amides is 2. The number of ether oxygens (including phenoxy) is 1. The summed E-state index contributed by atoms with van der Waals surface area (Å²) in [5, 5.41) is 12.3. The molecule has 0 spiro atoms. The molecular formula is C16H21F3N2O3. The highest BCUT2D eigenvalue weighted by atomic mass is 19.4. The summed E-state index contributed by atoms with van der Waals surface area (Å²) in [5.74, 6) is 0.704. The number of aliphatic hydroxyl groups is 1. The third-order valence-corrected chi connectivity index (χ3v) is 4.32. The Morgan fingerprint density at radius 1 is 1.38 bits per heavy atom. The van der Waals surface area contributed by atoms with E-state index in [2.05, 4.69) is 5.32 Å². The monoisotopic (exact) mass is 346 g/mol. The maximum atomic E-state index is 12.7. The van der Waals surface area contributed by atoms with Gasteiger partial charge in [-0.3, -0.25) is 0 Å². The molecule has 0 bridgehead atoms. The van der Waals surface area contributed by atoms with Gasteiger partial charge in [-0.1, -0.05) is 12.1 Å². The van der Waals surface area contributed by atoms with Gasteiger partial charge in [0.2, 0.25) is 0 Å². The van der Waals surface area contributed by atoms with E-state index in [1.807, 2.05) is 19.1 Å². The van der Waals surface area contributed by atoms with Crippen molar-refractivity contribution >= 4 is 6.03 Å². The lowest BCUT2D eigenvalue weighted by Crippen LogP contribution is -2.55. The topological polar surface area (TPSA) is 61.8 Å². The lowest BCUT2D eigenvalue weighted by Gasteiger charge is -2.39. The third kappa shape index (κ3) is 3.92. The van der Waals surface area contributed by atoms with E-state index in [1.165, 1.54) is 4.90 Å². The largest absolute Gasteiger partial charge is 0.496 e. The lowest BCUT2D eigenvalue weighted by molar-refractivity contribution is -0.271. The number of nitrogens with zero attached hydrogens (tertiary/aromatic N) is 1. The van der Waals surface area contributed by atoms with E-state index in [4.69, 9.17) is 4.74 Å². The molecule has 1 heterocycles. The van der Waals surface area contributed by atoms with E-state index >= 15 is 0 Å². The van der Waals surface area contributed by atoms with Crippen molar-refractivity contribution < 1.29 is 27.8 Å². The fourth-order valence-corrected chi connectivity index (χ4v) is 2.63. The van der Waals surface area contributed by atoms with Crippen LogP contribution in [0.4, 0.5) is 18.0 Å². The average Bonchev–Trinajstić information content (AvgIpc) is 2.53. The number of likely N-dealkylation sites (tertiary alicyclic amines) is 1. The molecular weight excluding hydrogens is 325 g/mol. The second-order valence-corrected chi connectivity index (χ2v) is 5.98. The number of hydrogen-bond donors (Lipinski definition) is 2. The summed E-state index contributed by atoms with van der Waals surface area (Å²) in [5.41, 5.74) is -0.904. The van der Waals surface area contributed by atoms with Crippen LogP contribution in [0.1, 0.15) is 24.0 Å². The highest BCUT2D eigenvalue weighted by Gasteiger charge is 2.54. The molecule has 2 amide bonds. The van der Waals surface area contributed by atoms with E-state index in [0.29, 0.717) is 5.75 Å². The predicted octanol–water partition coefficient (Wildman–Crippen LogP) is 2.60. The normalized spacial score (nSPS) is 17.5. The van der Waals surface area contributed by atoms with Gasteiger partial charge < -0.3 is 20.1 Å².